The molecule has 4 fully saturated rings. The lowest BCUT2D eigenvalue weighted by Gasteiger charge is -2.37. The monoisotopic (exact) mass is 303 g/mol. The first-order valence-electron chi connectivity index (χ1n) is 8.94. The number of tetrazole rings is 1. The van der Waals surface area contributed by atoms with Crippen molar-refractivity contribution in [2.75, 3.05) is 19.8 Å². The molecule has 2 saturated heterocycles. The molecule has 0 N–H and O–H groups in total. The van der Waals surface area contributed by atoms with Gasteiger partial charge >= 0.3 is 0 Å². The Labute approximate surface area is 131 Å². The van der Waals surface area contributed by atoms with E-state index in [0.29, 0.717) is 11.5 Å². The summed E-state index contributed by atoms with van der Waals surface area (Å²) in [6.07, 6.45) is 9.14. The van der Waals surface area contributed by atoms with E-state index in [4.69, 9.17) is 4.74 Å². The van der Waals surface area contributed by atoms with Crippen LogP contribution in [0.25, 0.3) is 0 Å². The van der Waals surface area contributed by atoms with Crippen LogP contribution >= 0.6 is 0 Å². The Bertz CT molecular complexity index is 548. The third-order valence-electron chi connectivity index (χ3n) is 6.54. The third kappa shape index (κ3) is 2.03. The van der Waals surface area contributed by atoms with Crippen LogP contribution in [0.4, 0.5) is 0 Å². The quantitative estimate of drug-likeness (QED) is 0.852. The van der Waals surface area contributed by atoms with Gasteiger partial charge in [-0.1, -0.05) is 6.42 Å². The van der Waals surface area contributed by atoms with Crippen molar-refractivity contribution in [3.05, 3.63) is 5.82 Å². The predicted molar refractivity (Wildman–Crippen MR) is 80.1 cm³/mol. The van der Waals surface area contributed by atoms with Crippen molar-refractivity contribution in [2.45, 2.75) is 63.6 Å². The Kier molecular flexibility index (Phi) is 3.05. The van der Waals surface area contributed by atoms with Gasteiger partial charge in [0, 0.05) is 25.8 Å². The number of aromatic nitrogens is 4. The maximum absolute atomic E-state index is 5.65. The van der Waals surface area contributed by atoms with Gasteiger partial charge in [-0.2, -0.15) is 0 Å². The van der Waals surface area contributed by atoms with E-state index in [1.807, 2.05) is 0 Å². The standard InChI is InChI=1S/C16H25N5O/c1-2-13-14(3-1)20(11-16(13)6-8-22-9-7-16)10-15-17-18-19-21(15)12-4-5-12/h12-14H,1-11H2/t13-,14+/m1/s1. The van der Waals surface area contributed by atoms with Crippen LogP contribution in [0.1, 0.15) is 56.8 Å². The smallest absolute Gasteiger partial charge is 0.165 e. The number of hydrogen-bond donors (Lipinski definition) is 0. The molecule has 6 nitrogen and oxygen atoms in total. The van der Waals surface area contributed by atoms with Gasteiger partial charge in [0.15, 0.2) is 5.82 Å². The fraction of sp³-hybridized carbons (Fsp3) is 0.938. The van der Waals surface area contributed by atoms with Crippen molar-refractivity contribution >= 4 is 0 Å². The van der Waals surface area contributed by atoms with E-state index in [2.05, 4.69) is 25.1 Å². The highest BCUT2D eigenvalue weighted by Gasteiger charge is 2.54. The molecule has 6 heteroatoms. The number of hydrogen-bond acceptors (Lipinski definition) is 5. The third-order valence-corrected chi connectivity index (χ3v) is 6.54. The van der Waals surface area contributed by atoms with Crippen LogP contribution in [0.3, 0.4) is 0 Å². The molecule has 2 saturated carbocycles. The van der Waals surface area contributed by atoms with Crippen molar-refractivity contribution < 1.29 is 4.74 Å². The molecule has 1 aromatic heterocycles. The maximum Gasteiger partial charge on any atom is 0.165 e. The Morgan fingerprint density at radius 1 is 1.14 bits per heavy atom. The van der Waals surface area contributed by atoms with E-state index < -0.39 is 0 Å². The normalized spacial score (nSPS) is 34.4. The minimum Gasteiger partial charge on any atom is -0.381 e. The molecule has 0 amide bonds. The highest BCUT2D eigenvalue weighted by Crippen LogP contribution is 2.54. The van der Waals surface area contributed by atoms with Gasteiger partial charge in [0.1, 0.15) is 0 Å². The largest absolute Gasteiger partial charge is 0.381 e. The first kappa shape index (κ1) is 13.4. The average Bonchev–Trinajstić information content (AvgIpc) is 2.98. The van der Waals surface area contributed by atoms with E-state index in [9.17, 15) is 0 Å². The van der Waals surface area contributed by atoms with E-state index in [-0.39, 0.29) is 0 Å². The summed E-state index contributed by atoms with van der Waals surface area (Å²) in [6.45, 7) is 4.07. The molecular weight excluding hydrogens is 278 g/mol. The van der Waals surface area contributed by atoms with Crippen LogP contribution in [-0.4, -0.2) is 50.9 Å². The highest BCUT2D eigenvalue weighted by atomic mass is 16.5. The van der Waals surface area contributed by atoms with Crippen molar-refractivity contribution in [3.8, 4) is 0 Å². The van der Waals surface area contributed by atoms with Crippen LogP contribution in [0.5, 0.6) is 0 Å². The van der Waals surface area contributed by atoms with Crippen molar-refractivity contribution in [3.63, 3.8) is 0 Å². The Morgan fingerprint density at radius 3 is 2.82 bits per heavy atom. The lowest BCUT2D eigenvalue weighted by atomic mass is 9.71. The Balaban J connectivity index is 1.39. The summed E-state index contributed by atoms with van der Waals surface area (Å²) in [6, 6.07) is 1.33. The van der Waals surface area contributed by atoms with Crippen LogP contribution in [0, 0.1) is 11.3 Å². The van der Waals surface area contributed by atoms with Crippen LogP contribution in [0.2, 0.25) is 0 Å². The Hall–Kier alpha value is -1.01. The van der Waals surface area contributed by atoms with E-state index in [1.165, 1.54) is 51.5 Å². The van der Waals surface area contributed by atoms with E-state index in [1.54, 1.807) is 0 Å². The number of likely N-dealkylation sites (tertiary alicyclic amines) is 1. The molecule has 0 bridgehead atoms. The van der Waals surface area contributed by atoms with Crippen molar-refractivity contribution in [2.24, 2.45) is 11.3 Å². The van der Waals surface area contributed by atoms with Gasteiger partial charge in [0.05, 0.1) is 12.6 Å². The first-order valence-corrected chi connectivity index (χ1v) is 8.94. The first-order chi connectivity index (χ1) is 10.9. The average molecular weight is 303 g/mol. The molecule has 2 aliphatic carbocycles. The minimum atomic E-state index is 0.511. The van der Waals surface area contributed by atoms with Crippen molar-refractivity contribution in [1.82, 2.24) is 25.1 Å². The maximum atomic E-state index is 5.65. The second-order valence-electron chi connectivity index (χ2n) is 7.76. The van der Waals surface area contributed by atoms with Gasteiger partial charge in [-0.05, 0) is 60.3 Å². The molecule has 2 aliphatic heterocycles. The molecule has 22 heavy (non-hydrogen) atoms. The summed E-state index contributed by atoms with van der Waals surface area (Å²) in [5, 5.41) is 12.5. The molecular formula is C16H25N5O. The SMILES string of the molecule is C1C[C@@H]2[C@H](C1)N(Cc1nnnn1C1CC1)CC21CCOCC1. The van der Waals surface area contributed by atoms with Gasteiger partial charge in [-0.25, -0.2) is 4.68 Å². The Morgan fingerprint density at radius 2 is 2.00 bits per heavy atom. The number of rotatable bonds is 3. The van der Waals surface area contributed by atoms with Crippen LogP contribution in [0.15, 0.2) is 0 Å². The van der Waals surface area contributed by atoms with Crippen LogP contribution < -0.4 is 0 Å². The second kappa shape index (κ2) is 4.99. The zero-order valence-corrected chi connectivity index (χ0v) is 13.2. The van der Waals surface area contributed by atoms with Gasteiger partial charge in [0.25, 0.3) is 0 Å². The van der Waals surface area contributed by atoms with E-state index in [0.717, 1.165) is 37.5 Å². The number of fused-ring (bicyclic) bond motifs is 2. The molecule has 5 rings (SSSR count). The topological polar surface area (TPSA) is 56.1 Å². The summed E-state index contributed by atoms with van der Waals surface area (Å²) >= 11 is 0. The summed E-state index contributed by atoms with van der Waals surface area (Å²) < 4.78 is 7.73. The molecule has 1 aromatic rings. The van der Waals surface area contributed by atoms with E-state index >= 15 is 0 Å². The van der Waals surface area contributed by atoms with Crippen LogP contribution in [-0.2, 0) is 11.3 Å². The molecule has 2 atom stereocenters. The second-order valence-corrected chi connectivity index (χ2v) is 7.76. The van der Waals surface area contributed by atoms with Gasteiger partial charge < -0.3 is 4.74 Å². The summed E-state index contributed by atoms with van der Waals surface area (Å²) in [4.78, 5) is 2.70. The molecule has 4 aliphatic rings. The number of ether oxygens (including phenoxy) is 1. The molecule has 0 unspecified atom stereocenters. The van der Waals surface area contributed by atoms with Crippen molar-refractivity contribution in [1.29, 1.82) is 0 Å². The lowest BCUT2D eigenvalue weighted by molar-refractivity contribution is -0.00141. The minimum absolute atomic E-state index is 0.511. The van der Waals surface area contributed by atoms with Gasteiger partial charge in [-0.15, -0.1) is 5.10 Å². The zero-order valence-electron chi connectivity index (χ0n) is 13.2. The van der Waals surface area contributed by atoms with Gasteiger partial charge in [-0.3, -0.25) is 4.90 Å². The fourth-order valence-electron chi connectivity index (χ4n) is 5.31. The summed E-state index contributed by atoms with van der Waals surface area (Å²) in [7, 11) is 0. The predicted octanol–water partition coefficient (Wildman–Crippen LogP) is 1.79. The highest BCUT2D eigenvalue weighted by molar-refractivity contribution is 5.07. The zero-order chi connectivity index (χ0) is 14.6. The number of nitrogens with zero attached hydrogens (tertiary/aromatic N) is 5. The van der Waals surface area contributed by atoms with Gasteiger partial charge in [0.2, 0.25) is 0 Å². The molecule has 0 aromatic carbocycles. The molecule has 120 valence electrons. The lowest BCUT2D eigenvalue weighted by Crippen LogP contribution is -2.36. The molecule has 0 radical (unpaired) electrons. The fourth-order valence-corrected chi connectivity index (χ4v) is 5.31. The molecule has 3 heterocycles. The molecule has 1 spiro atoms. The summed E-state index contributed by atoms with van der Waals surface area (Å²) in [5.74, 6) is 1.96. The summed E-state index contributed by atoms with van der Waals surface area (Å²) in [5.41, 5.74) is 0.511.